The van der Waals surface area contributed by atoms with E-state index < -0.39 is 0 Å². The molecular weight excluding hydrogens is 262 g/mol. The quantitative estimate of drug-likeness (QED) is 0.447. The third-order valence-electron chi connectivity index (χ3n) is 2.38. The second kappa shape index (κ2) is 5.49. The molecule has 1 heterocycles. The lowest BCUT2D eigenvalue weighted by Crippen LogP contribution is -2.21. The van der Waals surface area contributed by atoms with Gasteiger partial charge in [0, 0.05) is 5.69 Å². The fourth-order valence-electron chi connectivity index (χ4n) is 1.59. The van der Waals surface area contributed by atoms with Gasteiger partial charge in [0.15, 0.2) is 5.96 Å². The number of aliphatic imine (C=N–C) groups is 1. The van der Waals surface area contributed by atoms with Gasteiger partial charge in [0.05, 0.1) is 10.6 Å². The highest BCUT2D eigenvalue weighted by Crippen LogP contribution is 2.34. The highest BCUT2D eigenvalue weighted by atomic mass is 32.1. The van der Waals surface area contributed by atoms with Crippen LogP contribution in [-0.2, 0) is 4.79 Å². The van der Waals surface area contributed by atoms with Crippen LogP contribution in [0.3, 0.4) is 0 Å². The lowest BCUT2D eigenvalue weighted by molar-refractivity contribution is -0.105. The van der Waals surface area contributed by atoms with Crippen molar-refractivity contribution >= 4 is 34.5 Å². The number of anilines is 1. The number of amides is 1. The molecule has 2 aromatic rings. The molecule has 1 aromatic carbocycles. The van der Waals surface area contributed by atoms with Crippen molar-refractivity contribution in [1.29, 1.82) is 0 Å². The molecule has 0 saturated carbocycles. The molecule has 0 fully saturated rings. The number of rotatable bonds is 4. The Balaban J connectivity index is 2.33. The topological polar surface area (TPSA) is 106 Å². The second-order valence-corrected chi connectivity index (χ2v) is 4.76. The molecule has 1 aromatic heterocycles. The maximum absolute atomic E-state index is 10.3. The number of carbonyl (C=O) groups is 1. The third-order valence-corrected chi connectivity index (χ3v) is 3.48. The molecule has 0 spiro atoms. The van der Waals surface area contributed by atoms with Crippen molar-refractivity contribution in [1.82, 2.24) is 4.98 Å². The van der Waals surface area contributed by atoms with Crippen LogP contribution in [0.15, 0.2) is 29.3 Å². The Morgan fingerprint density at radius 1 is 1.37 bits per heavy atom. The molecule has 0 unspecified atom stereocenters. The summed E-state index contributed by atoms with van der Waals surface area (Å²) in [6.07, 6.45) is 0.643. The molecule has 0 radical (unpaired) electrons. The Morgan fingerprint density at radius 3 is 2.63 bits per heavy atom. The van der Waals surface area contributed by atoms with Crippen LogP contribution in [0.25, 0.3) is 10.4 Å². The van der Waals surface area contributed by atoms with Gasteiger partial charge in [-0.1, -0.05) is 23.5 Å². The molecule has 0 bridgehead atoms. The molecule has 98 valence electrons. The Kier molecular flexibility index (Phi) is 3.76. The first-order valence-corrected chi connectivity index (χ1v) is 6.29. The van der Waals surface area contributed by atoms with Crippen molar-refractivity contribution in [2.75, 3.05) is 5.32 Å². The summed E-state index contributed by atoms with van der Waals surface area (Å²) in [7, 11) is 0. The molecule has 5 N–H and O–H groups in total. The van der Waals surface area contributed by atoms with Gasteiger partial charge in [0.2, 0.25) is 11.5 Å². The molecule has 0 aliphatic rings. The summed E-state index contributed by atoms with van der Waals surface area (Å²) in [5.41, 5.74) is 13.3. The van der Waals surface area contributed by atoms with Crippen LogP contribution in [0.2, 0.25) is 0 Å². The zero-order valence-electron chi connectivity index (χ0n) is 10.3. The summed E-state index contributed by atoms with van der Waals surface area (Å²) in [6, 6.07) is 7.46. The second-order valence-electron chi connectivity index (χ2n) is 3.79. The highest BCUT2D eigenvalue weighted by Gasteiger charge is 2.09. The Labute approximate surface area is 114 Å². The van der Waals surface area contributed by atoms with Gasteiger partial charge in [0.25, 0.3) is 0 Å². The van der Waals surface area contributed by atoms with Crippen molar-refractivity contribution in [3.63, 3.8) is 0 Å². The summed E-state index contributed by atoms with van der Waals surface area (Å²) < 4.78 is 0. The molecule has 0 aliphatic carbocycles. The summed E-state index contributed by atoms with van der Waals surface area (Å²) in [4.78, 5) is 19.5. The van der Waals surface area contributed by atoms with E-state index >= 15 is 0 Å². The standard InChI is InChI=1S/C12H13N5OS/c1-7-10(19-12(16-7)17-11(13)14)8-2-4-9(5-3-8)15-6-18/h2-6H,1H3,(H,15,18)(H4,13,14,16,17). The van der Waals surface area contributed by atoms with Gasteiger partial charge >= 0.3 is 0 Å². The summed E-state index contributed by atoms with van der Waals surface area (Å²) >= 11 is 1.41. The van der Waals surface area contributed by atoms with Gasteiger partial charge in [-0.25, -0.2) is 4.98 Å². The number of aryl methyl sites for hydroxylation is 1. The molecule has 0 aliphatic heterocycles. The van der Waals surface area contributed by atoms with Crippen LogP contribution < -0.4 is 16.8 Å². The summed E-state index contributed by atoms with van der Waals surface area (Å²) in [5, 5.41) is 3.11. The number of nitrogens with one attached hydrogen (secondary N) is 1. The fraction of sp³-hybridized carbons (Fsp3) is 0.0833. The van der Waals surface area contributed by atoms with Gasteiger partial charge in [0.1, 0.15) is 0 Å². The molecule has 1 amide bonds. The Bertz CT molecular complexity index is 614. The molecule has 2 rings (SSSR count). The number of hydrogen-bond donors (Lipinski definition) is 3. The van der Waals surface area contributed by atoms with E-state index in [1.807, 2.05) is 31.2 Å². The van der Waals surface area contributed by atoms with Crippen LogP contribution in [-0.4, -0.2) is 17.4 Å². The zero-order chi connectivity index (χ0) is 13.8. The molecule has 0 saturated heterocycles. The van der Waals surface area contributed by atoms with Crippen molar-refractivity contribution in [3.8, 4) is 10.4 Å². The van der Waals surface area contributed by atoms with Crippen molar-refractivity contribution in [2.24, 2.45) is 16.5 Å². The van der Waals surface area contributed by atoms with E-state index in [2.05, 4.69) is 15.3 Å². The fourth-order valence-corrected chi connectivity index (χ4v) is 2.56. The average Bonchev–Trinajstić information content (AvgIpc) is 2.71. The molecule has 7 heteroatoms. The maximum atomic E-state index is 10.3. The number of benzene rings is 1. The number of nitrogens with zero attached hydrogens (tertiary/aromatic N) is 2. The minimum atomic E-state index is -0.00849. The molecular formula is C12H13N5OS. The normalized spacial score (nSPS) is 9.95. The lowest BCUT2D eigenvalue weighted by Gasteiger charge is -2.01. The third kappa shape index (κ3) is 3.08. The van der Waals surface area contributed by atoms with Crippen LogP contribution >= 0.6 is 11.3 Å². The van der Waals surface area contributed by atoms with E-state index in [1.54, 1.807) is 0 Å². The van der Waals surface area contributed by atoms with Gasteiger partial charge in [-0.15, -0.1) is 0 Å². The van der Waals surface area contributed by atoms with Crippen LogP contribution in [0.4, 0.5) is 10.8 Å². The van der Waals surface area contributed by atoms with Crippen LogP contribution in [0.5, 0.6) is 0 Å². The zero-order valence-corrected chi connectivity index (χ0v) is 11.1. The van der Waals surface area contributed by atoms with E-state index in [1.165, 1.54) is 11.3 Å². The van der Waals surface area contributed by atoms with E-state index in [9.17, 15) is 4.79 Å². The monoisotopic (exact) mass is 275 g/mol. The number of aromatic nitrogens is 1. The molecule has 6 nitrogen and oxygen atoms in total. The minimum absolute atomic E-state index is 0.00849. The average molecular weight is 275 g/mol. The van der Waals surface area contributed by atoms with Gasteiger partial charge < -0.3 is 16.8 Å². The van der Waals surface area contributed by atoms with E-state index in [-0.39, 0.29) is 5.96 Å². The summed E-state index contributed by atoms with van der Waals surface area (Å²) in [6.45, 7) is 1.90. The first kappa shape index (κ1) is 13.0. The van der Waals surface area contributed by atoms with E-state index in [0.717, 1.165) is 21.8 Å². The van der Waals surface area contributed by atoms with Crippen molar-refractivity contribution in [2.45, 2.75) is 6.92 Å². The Morgan fingerprint density at radius 2 is 2.05 bits per heavy atom. The number of carbonyl (C=O) groups excluding carboxylic acids is 1. The van der Waals surface area contributed by atoms with Crippen molar-refractivity contribution < 1.29 is 4.79 Å². The van der Waals surface area contributed by atoms with Gasteiger partial charge in [-0.05, 0) is 24.6 Å². The minimum Gasteiger partial charge on any atom is -0.370 e. The van der Waals surface area contributed by atoms with E-state index in [4.69, 9.17) is 11.5 Å². The van der Waals surface area contributed by atoms with Gasteiger partial charge in [-0.3, -0.25) is 4.79 Å². The number of nitrogens with two attached hydrogens (primary N) is 2. The molecule has 19 heavy (non-hydrogen) atoms. The number of thiazole rings is 1. The number of guanidine groups is 1. The first-order valence-electron chi connectivity index (χ1n) is 5.48. The predicted octanol–water partition coefficient (Wildman–Crippen LogP) is 1.59. The largest absolute Gasteiger partial charge is 0.370 e. The molecule has 0 atom stereocenters. The van der Waals surface area contributed by atoms with Crippen LogP contribution in [0.1, 0.15) is 5.69 Å². The lowest BCUT2D eigenvalue weighted by atomic mass is 10.1. The highest BCUT2D eigenvalue weighted by molar-refractivity contribution is 7.18. The van der Waals surface area contributed by atoms with Crippen molar-refractivity contribution in [3.05, 3.63) is 30.0 Å². The first-order chi connectivity index (χ1) is 9.10. The number of hydrogen-bond acceptors (Lipinski definition) is 4. The maximum Gasteiger partial charge on any atom is 0.213 e. The van der Waals surface area contributed by atoms with E-state index in [0.29, 0.717) is 11.5 Å². The smallest absolute Gasteiger partial charge is 0.213 e. The van der Waals surface area contributed by atoms with Crippen LogP contribution in [0, 0.1) is 6.92 Å². The Hall–Kier alpha value is -2.41. The van der Waals surface area contributed by atoms with Gasteiger partial charge in [-0.2, -0.15) is 4.99 Å². The summed E-state index contributed by atoms with van der Waals surface area (Å²) in [5.74, 6) is -0.00849. The SMILES string of the molecule is Cc1nc(N=C(N)N)sc1-c1ccc(NC=O)cc1. The predicted molar refractivity (Wildman–Crippen MR) is 77.4 cm³/mol.